The average Bonchev–Trinajstić information content (AvgIpc) is 3.17. The van der Waals surface area contributed by atoms with Crippen LogP contribution in [0.5, 0.6) is 0 Å². The third kappa shape index (κ3) is 4.38. The highest BCUT2D eigenvalue weighted by molar-refractivity contribution is 6.30. The number of hydrogen-bond acceptors (Lipinski definition) is 3. The van der Waals surface area contributed by atoms with Gasteiger partial charge < -0.3 is 5.73 Å². The number of aryl methyl sites for hydroxylation is 1. The quantitative estimate of drug-likeness (QED) is 0.475. The van der Waals surface area contributed by atoms with Crippen LogP contribution >= 0.6 is 11.6 Å². The second-order valence-electron chi connectivity index (χ2n) is 6.94. The maximum absolute atomic E-state index is 13.4. The Bertz CT molecular complexity index is 1090. The van der Waals surface area contributed by atoms with Gasteiger partial charge in [0.2, 0.25) is 5.95 Å². The van der Waals surface area contributed by atoms with Crippen molar-refractivity contribution in [2.75, 3.05) is 0 Å². The van der Waals surface area contributed by atoms with Crippen molar-refractivity contribution in [1.82, 2.24) is 14.8 Å². The molecule has 2 N–H and O–H groups in total. The Morgan fingerprint density at radius 3 is 2.64 bits per heavy atom. The summed E-state index contributed by atoms with van der Waals surface area (Å²) >= 11 is 5.92. The van der Waals surface area contributed by atoms with Crippen LogP contribution in [0.4, 0.5) is 4.39 Å². The molecule has 2 aromatic carbocycles. The van der Waals surface area contributed by atoms with E-state index in [2.05, 4.69) is 10.1 Å². The van der Waals surface area contributed by atoms with E-state index < -0.39 is 5.95 Å². The van der Waals surface area contributed by atoms with Crippen LogP contribution in [0.15, 0.2) is 67.1 Å². The number of nitrogens with zero attached hydrogens (tertiary/aromatic N) is 3. The van der Waals surface area contributed by atoms with Gasteiger partial charge in [-0.3, -0.25) is 4.68 Å². The SMILES string of the molecule is N[C@H](CCn1cc(-c2ccc3cnc(F)cc3c2)cn1)Cc1ccc(Cl)cc1. The van der Waals surface area contributed by atoms with E-state index in [1.54, 1.807) is 6.20 Å². The highest BCUT2D eigenvalue weighted by atomic mass is 35.5. The molecule has 0 saturated carbocycles. The second kappa shape index (κ2) is 8.09. The molecule has 1 atom stereocenters. The summed E-state index contributed by atoms with van der Waals surface area (Å²) < 4.78 is 15.3. The molecule has 0 radical (unpaired) electrons. The van der Waals surface area contributed by atoms with E-state index in [-0.39, 0.29) is 6.04 Å². The van der Waals surface area contributed by atoms with Gasteiger partial charge >= 0.3 is 0 Å². The van der Waals surface area contributed by atoms with E-state index in [4.69, 9.17) is 17.3 Å². The fraction of sp³-hybridized carbons (Fsp3) is 0.182. The molecule has 4 nitrogen and oxygen atoms in total. The van der Waals surface area contributed by atoms with Crippen LogP contribution < -0.4 is 5.73 Å². The molecule has 0 saturated heterocycles. The van der Waals surface area contributed by atoms with Crippen molar-refractivity contribution in [2.45, 2.75) is 25.4 Å². The van der Waals surface area contributed by atoms with Crippen molar-refractivity contribution >= 4 is 22.4 Å². The van der Waals surface area contributed by atoms with E-state index in [0.29, 0.717) is 0 Å². The Balaban J connectivity index is 1.40. The summed E-state index contributed by atoms with van der Waals surface area (Å²) in [6.45, 7) is 0.737. The van der Waals surface area contributed by atoms with Crippen LogP contribution in [0.2, 0.25) is 5.02 Å². The van der Waals surface area contributed by atoms with Crippen molar-refractivity contribution in [3.05, 3.63) is 83.7 Å². The zero-order valence-corrected chi connectivity index (χ0v) is 16.0. The first kappa shape index (κ1) is 18.6. The molecule has 2 aromatic heterocycles. The van der Waals surface area contributed by atoms with Gasteiger partial charge in [0, 0.05) is 47.0 Å². The Morgan fingerprint density at radius 1 is 1.00 bits per heavy atom. The van der Waals surface area contributed by atoms with Crippen LogP contribution in [0.25, 0.3) is 21.9 Å². The second-order valence-corrected chi connectivity index (χ2v) is 7.38. The molecule has 0 bridgehead atoms. The highest BCUT2D eigenvalue weighted by Crippen LogP contribution is 2.24. The zero-order chi connectivity index (χ0) is 19.5. The lowest BCUT2D eigenvalue weighted by Crippen LogP contribution is -2.24. The molecule has 2 heterocycles. The van der Waals surface area contributed by atoms with E-state index >= 15 is 0 Å². The number of benzene rings is 2. The predicted molar refractivity (Wildman–Crippen MR) is 111 cm³/mol. The van der Waals surface area contributed by atoms with Crippen molar-refractivity contribution in [2.24, 2.45) is 5.73 Å². The number of nitrogens with two attached hydrogens (primary N) is 1. The molecule has 4 aromatic rings. The molecule has 0 aliphatic rings. The summed E-state index contributed by atoms with van der Waals surface area (Å²) in [6.07, 6.45) is 6.98. The van der Waals surface area contributed by atoms with Gasteiger partial charge in [0.05, 0.1) is 6.20 Å². The Morgan fingerprint density at radius 2 is 1.82 bits per heavy atom. The van der Waals surface area contributed by atoms with E-state index in [0.717, 1.165) is 46.3 Å². The average molecular weight is 395 g/mol. The Kier molecular flexibility index (Phi) is 5.37. The van der Waals surface area contributed by atoms with Gasteiger partial charge in [-0.1, -0.05) is 35.9 Å². The van der Waals surface area contributed by atoms with Crippen molar-refractivity contribution in [3.63, 3.8) is 0 Å². The standard InChI is InChI=1S/C22H20ClFN4/c23-20-5-1-15(2-6-20)9-21(25)7-8-28-14-19(13-27-28)16-3-4-17-12-26-22(24)11-18(17)10-16/h1-6,10-14,21H,7-9,25H2/t21-/m1/s1. The molecule has 0 aliphatic carbocycles. The number of rotatable bonds is 6. The maximum atomic E-state index is 13.4. The molecular weight excluding hydrogens is 375 g/mol. The molecule has 0 fully saturated rings. The predicted octanol–water partition coefficient (Wildman–Crippen LogP) is 4.85. The molecule has 4 rings (SSSR count). The Hall–Kier alpha value is -2.76. The summed E-state index contributed by atoms with van der Waals surface area (Å²) in [7, 11) is 0. The lowest BCUT2D eigenvalue weighted by molar-refractivity contribution is 0.507. The molecule has 0 spiro atoms. The number of fused-ring (bicyclic) bond motifs is 1. The first-order valence-electron chi connectivity index (χ1n) is 9.15. The number of aromatic nitrogens is 3. The van der Waals surface area contributed by atoms with Crippen LogP contribution in [0, 0.1) is 5.95 Å². The fourth-order valence-electron chi connectivity index (χ4n) is 3.25. The topological polar surface area (TPSA) is 56.7 Å². The van der Waals surface area contributed by atoms with Crippen LogP contribution in [-0.4, -0.2) is 20.8 Å². The normalized spacial score (nSPS) is 12.4. The summed E-state index contributed by atoms with van der Waals surface area (Å²) in [4.78, 5) is 3.69. The van der Waals surface area contributed by atoms with E-state index in [1.165, 1.54) is 11.6 Å². The maximum Gasteiger partial charge on any atom is 0.213 e. The zero-order valence-electron chi connectivity index (χ0n) is 15.2. The summed E-state index contributed by atoms with van der Waals surface area (Å²) in [5.41, 5.74) is 9.43. The summed E-state index contributed by atoms with van der Waals surface area (Å²) in [6, 6.07) is 15.2. The number of pyridine rings is 1. The van der Waals surface area contributed by atoms with Gasteiger partial charge in [0.15, 0.2) is 0 Å². The van der Waals surface area contributed by atoms with Gasteiger partial charge in [-0.05, 0) is 47.6 Å². The molecule has 0 unspecified atom stereocenters. The fourth-order valence-corrected chi connectivity index (χ4v) is 3.38. The summed E-state index contributed by atoms with van der Waals surface area (Å²) in [5, 5.41) is 6.90. The van der Waals surface area contributed by atoms with Gasteiger partial charge in [-0.15, -0.1) is 0 Å². The molecule has 142 valence electrons. The van der Waals surface area contributed by atoms with Gasteiger partial charge in [-0.2, -0.15) is 9.49 Å². The van der Waals surface area contributed by atoms with Crippen LogP contribution in [-0.2, 0) is 13.0 Å². The van der Waals surface area contributed by atoms with Crippen molar-refractivity contribution in [1.29, 1.82) is 0 Å². The third-order valence-electron chi connectivity index (χ3n) is 4.80. The summed E-state index contributed by atoms with van der Waals surface area (Å²) in [5.74, 6) is -0.477. The largest absolute Gasteiger partial charge is 0.327 e. The number of hydrogen-bond donors (Lipinski definition) is 1. The van der Waals surface area contributed by atoms with Gasteiger partial charge in [0.1, 0.15) is 0 Å². The third-order valence-corrected chi connectivity index (χ3v) is 5.05. The lowest BCUT2D eigenvalue weighted by atomic mass is 10.0. The lowest BCUT2D eigenvalue weighted by Gasteiger charge is -2.11. The molecule has 6 heteroatoms. The minimum Gasteiger partial charge on any atom is -0.327 e. The number of halogens is 2. The minimum absolute atomic E-state index is 0.0463. The van der Waals surface area contributed by atoms with Gasteiger partial charge in [-0.25, -0.2) is 4.98 Å². The molecule has 28 heavy (non-hydrogen) atoms. The molecular formula is C22H20ClFN4. The monoisotopic (exact) mass is 394 g/mol. The first-order chi connectivity index (χ1) is 13.6. The first-order valence-corrected chi connectivity index (χ1v) is 9.53. The van der Waals surface area contributed by atoms with Crippen LogP contribution in [0.3, 0.4) is 0 Å². The highest BCUT2D eigenvalue weighted by Gasteiger charge is 2.08. The van der Waals surface area contributed by atoms with Gasteiger partial charge in [0.25, 0.3) is 0 Å². The van der Waals surface area contributed by atoms with E-state index in [1.807, 2.05) is 59.5 Å². The van der Waals surface area contributed by atoms with Crippen molar-refractivity contribution in [3.8, 4) is 11.1 Å². The Labute approximate surface area is 167 Å². The van der Waals surface area contributed by atoms with E-state index in [9.17, 15) is 4.39 Å². The molecule has 0 amide bonds. The minimum atomic E-state index is -0.477. The smallest absolute Gasteiger partial charge is 0.213 e. The molecule has 0 aliphatic heterocycles. The van der Waals surface area contributed by atoms with Crippen LogP contribution in [0.1, 0.15) is 12.0 Å². The van der Waals surface area contributed by atoms with Crippen molar-refractivity contribution < 1.29 is 4.39 Å².